The van der Waals surface area contributed by atoms with Gasteiger partial charge in [0, 0.05) is 19.0 Å². The lowest BCUT2D eigenvalue weighted by Gasteiger charge is -2.19. The molecule has 3 nitrogen and oxygen atoms in total. The number of nitrogens with zero attached hydrogens (tertiary/aromatic N) is 1. The van der Waals surface area contributed by atoms with Crippen LogP contribution in [0, 0.1) is 17.6 Å². The van der Waals surface area contributed by atoms with Gasteiger partial charge in [-0.1, -0.05) is 0 Å². The predicted octanol–water partition coefficient (Wildman–Crippen LogP) is 1.83. The summed E-state index contributed by atoms with van der Waals surface area (Å²) in [5.74, 6) is -1.12. The fraction of sp³-hybridized carbons (Fsp3) is 0.364. The first-order chi connectivity index (χ1) is 8.02. The third-order valence-corrected chi connectivity index (χ3v) is 3.34. The summed E-state index contributed by atoms with van der Waals surface area (Å²) in [7, 11) is 0. The summed E-state index contributed by atoms with van der Waals surface area (Å²) >= 11 is 4.12. The number of hydrogen-bond donors (Lipinski definition) is 2. The van der Waals surface area contributed by atoms with Crippen molar-refractivity contribution in [2.45, 2.75) is 6.42 Å². The molecule has 17 heavy (non-hydrogen) atoms. The van der Waals surface area contributed by atoms with E-state index in [4.69, 9.17) is 5.73 Å². The van der Waals surface area contributed by atoms with Crippen molar-refractivity contribution in [1.82, 2.24) is 0 Å². The lowest BCUT2D eigenvalue weighted by atomic mass is 10.1. The number of nitrogen functional groups attached to an aromatic ring is 1. The van der Waals surface area contributed by atoms with Crippen LogP contribution in [-0.4, -0.2) is 18.2 Å². The summed E-state index contributed by atoms with van der Waals surface area (Å²) in [6.07, 6.45) is 0.334. The average Bonchev–Trinajstić information content (AvgIpc) is 2.65. The van der Waals surface area contributed by atoms with Crippen molar-refractivity contribution < 1.29 is 13.6 Å². The molecule has 0 spiro atoms. The summed E-state index contributed by atoms with van der Waals surface area (Å²) in [4.78, 5) is 13.0. The molecular weight excluding hydrogens is 246 g/mol. The van der Waals surface area contributed by atoms with Crippen molar-refractivity contribution in [2.24, 2.45) is 5.92 Å². The van der Waals surface area contributed by atoms with Crippen molar-refractivity contribution in [3.05, 3.63) is 23.8 Å². The molecule has 0 saturated carbocycles. The molecule has 6 heteroatoms. The Balaban J connectivity index is 2.38. The minimum absolute atomic E-state index is 0.0940. The van der Waals surface area contributed by atoms with E-state index in [0.29, 0.717) is 24.8 Å². The minimum Gasteiger partial charge on any atom is -0.395 e. The number of carbonyl (C=O) groups is 1. The number of hydrogen-bond acceptors (Lipinski definition) is 3. The van der Waals surface area contributed by atoms with Gasteiger partial charge in [-0.2, -0.15) is 12.6 Å². The molecule has 92 valence electrons. The van der Waals surface area contributed by atoms with Gasteiger partial charge in [-0.05, 0) is 17.7 Å². The van der Waals surface area contributed by atoms with Crippen molar-refractivity contribution in [3.8, 4) is 0 Å². The molecule has 2 N–H and O–H groups in total. The van der Waals surface area contributed by atoms with E-state index in [-0.39, 0.29) is 23.2 Å². The van der Waals surface area contributed by atoms with Gasteiger partial charge in [-0.15, -0.1) is 0 Å². The van der Waals surface area contributed by atoms with Gasteiger partial charge in [0.05, 0.1) is 11.4 Å². The number of anilines is 2. The van der Waals surface area contributed by atoms with Crippen LogP contribution >= 0.6 is 12.6 Å². The number of rotatable bonds is 2. The quantitative estimate of drug-likeness (QED) is 0.628. The summed E-state index contributed by atoms with van der Waals surface area (Å²) in [6.45, 7) is 0.398. The Morgan fingerprint density at radius 1 is 1.47 bits per heavy atom. The molecule has 2 rings (SSSR count). The van der Waals surface area contributed by atoms with Crippen LogP contribution in [0.1, 0.15) is 6.42 Å². The molecule has 1 atom stereocenters. The molecule has 1 aromatic carbocycles. The summed E-state index contributed by atoms with van der Waals surface area (Å²) < 4.78 is 26.4. The maximum absolute atomic E-state index is 13.3. The highest BCUT2D eigenvalue weighted by Gasteiger charge is 2.31. The number of thiol groups is 1. The van der Waals surface area contributed by atoms with E-state index in [9.17, 15) is 13.6 Å². The fourth-order valence-corrected chi connectivity index (χ4v) is 2.18. The number of amides is 1. The third kappa shape index (κ3) is 2.22. The molecule has 1 fully saturated rings. The zero-order valence-corrected chi connectivity index (χ0v) is 9.88. The van der Waals surface area contributed by atoms with Crippen LogP contribution in [0.2, 0.25) is 0 Å². The van der Waals surface area contributed by atoms with Crippen molar-refractivity contribution in [1.29, 1.82) is 0 Å². The van der Waals surface area contributed by atoms with Crippen LogP contribution in [0.3, 0.4) is 0 Å². The zero-order chi connectivity index (χ0) is 12.6. The van der Waals surface area contributed by atoms with E-state index >= 15 is 0 Å². The Kier molecular flexibility index (Phi) is 3.24. The molecule has 1 aliphatic heterocycles. The Labute approximate surface area is 103 Å². The fourth-order valence-electron chi connectivity index (χ4n) is 1.93. The van der Waals surface area contributed by atoms with Crippen molar-refractivity contribution in [3.63, 3.8) is 0 Å². The van der Waals surface area contributed by atoms with Gasteiger partial charge < -0.3 is 10.6 Å². The summed E-state index contributed by atoms with van der Waals surface area (Å²) in [5, 5.41) is 0. The van der Waals surface area contributed by atoms with Crippen LogP contribution in [0.15, 0.2) is 12.1 Å². The van der Waals surface area contributed by atoms with E-state index in [1.54, 1.807) is 0 Å². The monoisotopic (exact) mass is 258 g/mol. The van der Waals surface area contributed by atoms with Gasteiger partial charge in [-0.25, -0.2) is 8.78 Å². The second-order valence-corrected chi connectivity index (χ2v) is 4.44. The van der Waals surface area contributed by atoms with E-state index < -0.39 is 11.6 Å². The number of nitrogens with two attached hydrogens (primary N) is 1. The smallest absolute Gasteiger partial charge is 0.227 e. The molecule has 1 heterocycles. The molecule has 1 amide bonds. The third-order valence-electron chi connectivity index (χ3n) is 2.83. The van der Waals surface area contributed by atoms with E-state index in [1.807, 2.05) is 0 Å². The van der Waals surface area contributed by atoms with Crippen molar-refractivity contribution in [2.75, 3.05) is 22.9 Å². The molecule has 0 aromatic heterocycles. The number of benzene rings is 1. The van der Waals surface area contributed by atoms with Crippen LogP contribution in [0.4, 0.5) is 20.2 Å². The highest BCUT2D eigenvalue weighted by Crippen LogP contribution is 2.32. The Hall–Kier alpha value is -1.30. The zero-order valence-electron chi connectivity index (χ0n) is 8.99. The summed E-state index contributed by atoms with van der Waals surface area (Å²) in [6, 6.07) is 1.78. The van der Waals surface area contributed by atoms with Gasteiger partial charge in [0.25, 0.3) is 0 Å². The first kappa shape index (κ1) is 12.2. The highest BCUT2D eigenvalue weighted by molar-refractivity contribution is 7.80. The molecule has 1 unspecified atom stereocenters. The van der Waals surface area contributed by atoms with Gasteiger partial charge in [-0.3, -0.25) is 4.79 Å². The molecule has 1 saturated heterocycles. The largest absolute Gasteiger partial charge is 0.395 e. The highest BCUT2D eigenvalue weighted by atomic mass is 32.1. The van der Waals surface area contributed by atoms with E-state index in [0.717, 1.165) is 6.07 Å². The normalized spacial score (nSPS) is 20.1. The second-order valence-electron chi connectivity index (χ2n) is 4.08. The standard InChI is InChI=1S/C11H12F2N2OS/c12-7-2-8(13)11(14)9(3-7)15-4-6(5-17)1-10(15)16/h2-3,6,17H,1,4-5,14H2. The first-order valence-corrected chi connectivity index (χ1v) is 5.82. The van der Waals surface area contributed by atoms with Crippen LogP contribution in [0.5, 0.6) is 0 Å². The SMILES string of the molecule is Nc1c(F)cc(F)cc1N1CC(CS)CC1=O. The second kappa shape index (κ2) is 4.52. The Morgan fingerprint density at radius 2 is 2.18 bits per heavy atom. The molecular formula is C11H12F2N2OS. The average molecular weight is 258 g/mol. The molecule has 1 aliphatic rings. The lowest BCUT2D eigenvalue weighted by Crippen LogP contribution is -2.26. The molecule has 0 radical (unpaired) electrons. The molecule has 0 aliphatic carbocycles. The minimum atomic E-state index is -0.845. The van der Waals surface area contributed by atoms with Crippen LogP contribution in [-0.2, 0) is 4.79 Å². The van der Waals surface area contributed by atoms with Crippen molar-refractivity contribution >= 4 is 29.9 Å². The van der Waals surface area contributed by atoms with Gasteiger partial charge in [0.1, 0.15) is 5.82 Å². The maximum atomic E-state index is 13.3. The van der Waals surface area contributed by atoms with E-state index in [2.05, 4.69) is 12.6 Å². The maximum Gasteiger partial charge on any atom is 0.227 e. The Bertz CT molecular complexity index is 467. The van der Waals surface area contributed by atoms with Crippen LogP contribution in [0.25, 0.3) is 0 Å². The van der Waals surface area contributed by atoms with Gasteiger partial charge in [0.15, 0.2) is 5.82 Å². The lowest BCUT2D eigenvalue weighted by molar-refractivity contribution is -0.117. The predicted molar refractivity (Wildman–Crippen MR) is 65.1 cm³/mol. The van der Waals surface area contributed by atoms with E-state index in [1.165, 1.54) is 4.90 Å². The van der Waals surface area contributed by atoms with Gasteiger partial charge >= 0.3 is 0 Å². The first-order valence-electron chi connectivity index (χ1n) is 5.18. The topological polar surface area (TPSA) is 46.3 Å². The van der Waals surface area contributed by atoms with Gasteiger partial charge in [0.2, 0.25) is 5.91 Å². The molecule has 1 aromatic rings. The number of halogens is 2. The summed E-state index contributed by atoms with van der Waals surface area (Å²) in [5.41, 5.74) is 5.44. The molecule has 0 bridgehead atoms. The Morgan fingerprint density at radius 3 is 2.76 bits per heavy atom. The van der Waals surface area contributed by atoms with Crippen LogP contribution < -0.4 is 10.6 Å². The number of carbonyl (C=O) groups excluding carboxylic acids is 1.